The first-order valence-electron chi connectivity index (χ1n) is 6.97. The van der Waals surface area contributed by atoms with Gasteiger partial charge in [-0.15, -0.1) is 0 Å². The van der Waals surface area contributed by atoms with Gasteiger partial charge in [-0.05, 0) is 24.3 Å². The van der Waals surface area contributed by atoms with Crippen LogP contribution in [0.1, 0.15) is 16.2 Å². The maximum Gasteiger partial charge on any atom is 0.339 e. The number of fused-ring (bicyclic) bond motifs is 1. The van der Waals surface area contributed by atoms with Crippen LogP contribution < -0.4 is 0 Å². The zero-order chi connectivity index (χ0) is 16.4. The summed E-state index contributed by atoms with van der Waals surface area (Å²) in [6.07, 6.45) is 0.523. The Labute approximate surface area is 140 Å². The van der Waals surface area contributed by atoms with Crippen LogP contribution in [-0.4, -0.2) is 39.4 Å². The Kier molecular flexibility index (Phi) is 4.40. The molecule has 0 aliphatic rings. The van der Waals surface area contributed by atoms with Crippen molar-refractivity contribution >= 4 is 27.5 Å². The van der Waals surface area contributed by atoms with E-state index in [4.69, 9.17) is 4.74 Å². The summed E-state index contributed by atoms with van der Waals surface area (Å²) in [4.78, 5) is 15.8. The molecule has 23 heavy (non-hydrogen) atoms. The number of rotatable bonds is 5. The number of carbonyl (C=O) groups is 1. The number of hydrogen-bond donors (Lipinski definition) is 1. The molecule has 0 aliphatic carbocycles. The normalized spacial score (nSPS) is 11.0. The van der Waals surface area contributed by atoms with Crippen molar-refractivity contribution in [2.45, 2.75) is 6.42 Å². The van der Waals surface area contributed by atoms with Gasteiger partial charge in [0.05, 0.1) is 12.3 Å². The van der Waals surface area contributed by atoms with Crippen LogP contribution in [0.25, 0.3) is 16.9 Å². The van der Waals surface area contributed by atoms with E-state index in [0.717, 1.165) is 15.7 Å². The summed E-state index contributed by atoms with van der Waals surface area (Å²) in [6, 6.07) is 11.0. The van der Waals surface area contributed by atoms with Crippen molar-refractivity contribution in [3.8, 4) is 11.3 Å². The standard InChI is InChI=1S/C16H14BrN3O3/c1-23-8-7-14-18-15-12(16(21)22)5-6-13(20(15)19-14)10-3-2-4-11(17)9-10/h2-6,9H,7-8H2,1H3,(H,21,22). The number of methoxy groups -OCH3 is 1. The third kappa shape index (κ3) is 3.11. The lowest BCUT2D eigenvalue weighted by Crippen LogP contribution is -2.03. The molecule has 1 aromatic carbocycles. The summed E-state index contributed by atoms with van der Waals surface area (Å²) < 4.78 is 7.55. The largest absolute Gasteiger partial charge is 0.478 e. The van der Waals surface area contributed by atoms with Crippen LogP contribution in [0.2, 0.25) is 0 Å². The van der Waals surface area contributed by atoms with Crippen LogP contribution in [0.4, 0.5) is 0 Å². The number of pyridine rings is 1. The van der Waals surface area contributed by atoms with Gasteiger partial charge in [0.15, 0.2) is 11.5 Å². The molecule has 0 saturated carbocycles. The van der Waals surface area contributed by atoms with Gasteiger partial charge >= 0.3 is 5.97 Å². The number of halogens is 1. The van der Waals surface area contributed by atoms with E-state index in [1.807, 2.05) is 24.3 Å². The SMILES string of the molecule is COCCc1nc2c(C(=O)O)ccc(-c3cccc(Br)c3)n2n1. The van der Waals surface area contributed by atoms with E-state index < -0.39 is 5.97 Å². The van der Waals surface area contributed by atoms with Crippen LogP contribution >= 0.6 is 15.9 Å². The second-order valence-electron chi connectivity index (χ2n) is 4.95. The van der Waals surface area contributed by atoms with E-state index in [1.54, 1.807) is 23.8 Å². The minimum atomic E-state index is -1.03. The Bertz CT molecular complexity index is 876. The Morgan fingerprint density at radius 1 is 1.35 bits per heavy atom. The molecular weight excluding hydrogens is 362 g/mol. The predicted molar refractivity (Wildman–Crippen MR) is 88.7 cm³/mol. The van der Waals surface area contributed by atoms with Crippen molar-refractivity contribution < 1.29 is 14.6 Å². The van der Waals surface area contributed by atoms with Gasteiger partial charge in [0.2, 0.25) is 0 Å². The molecule has 0 radical (unpaired) electrons. The molecule has 0 saturated heterocycles. The summed E-state index contributed by atoms with van der Waals surface area (Å²) in [5.41, 5.74) is 2.16. The quantitative estimate of drug-likeness (QED) is 0.741. The minimum absolute atomic E-state index is 0.125. The number of carboxylic acid groups (broad SMARTS) is 1. The van der Waals surface area contributed by atoms with E-state index in [1.165, 1.54) is 0 Å². The average Bonchev–Trinajstić information content (AvgIpc) is 2.95. The van der Waals surface area contributed by atoms with E-state index >= 15 is 0 Å². The average molecular weight is 376 g/mol. The fourth-order valence-electron chi connectivity index (χ4n) is 2.34. The van der Waals surface area contributed by atoms with Gasteiger partial charge in [0.25, 0.3) is 0 Å². The Balaban J connectivity index is 2.20. The third-order valence-corrected chi connectivity index (χ3v) is 3.90. The van der Waals surface area contributed by atoms with Gasteiger partial charge in [-0.1, -0.05) is 28.1 Å². The molecule has 0 unspecified atom stereocenters. The molecule has 0 aliphatic heterocycles. The number of aromatic carboxylic acids is 1. The molecule has 3 rings (SSSR count). The van der Waals surface area contributed by atoms with Gasteiger partial charge in [0, 0.05) is 23.6 Å². The Morgan fingerprint density at radius 3 is 2.87 bits per heavy atom. The van der Waals surface area contributed by atoms with Crippen molar-refractivity contribution in [2.24, 2.45) is 0 Å². The maximum atomic E-state index is 11.4. The van der Waals surface area contributed by atoms with E-state index in [2.05, 4.69) is 26.0 Å². The highest BCUT2D eigenvalue weighted by molar-refractivity contribution is 9.10. The van der Waals surface area contributed by atoms with E-state index in [-0.39, 0.29) is 5.56 Å². The van der Waals surface area contributed by atoms with Crippen molar-refractivity contribution in [3.05, 3.63) is 52.3 Å². The first-order valence-corrected chi connectivity index (χ1v) is 7.76. The van der Waals surface area contributed by atoms with Gasteiger partial charge in [0.1, 0.15) is 5.56 Å². The number of nitrogens with zero attached hydrogens (tertiary/aromatic N) is 3. The molecule has 6 nitrogen and oxygen atoms in total. The molecule has 2 heterocycles. The predicted octanol–water partition coefficient (Wildman–Crippen LogP) is 3.05. The zero-order valence-corrected chi connectivity index (χ0v) is 13.9. The second kappa shape index (κ2) is 6.47. The van der Waals surface area contributed by atoms with Crippen molar-refractivity contribution in [1.82, 2.24) is 14.6 Å². The van der Waals surface area contributed by atoms with Crippen molar-refractivity contribution in [1.29, 1.82) is 0 Å². The van der Waals surface area contributed by atoms with Crippen molar-refractivity contribution in [3.63, 3.8) is 0 Å². The highest BCUT2D eigenvalue weighted by Gasteiger charge is 2.17. The maximum absolute atomic E-state index is 11.4. The van der Waals surface area contributed by atoms with Gasteiger partial charge in [-0.25, -0.2) is 14.3 Å². The van der Waals surface area contributed by atoms with Crippen LogP contribution in [0, 0.1) is 0 Å². The fraction of sp³-hybridized carbons (Fsp3) is 0.188. The highest BCUT2D eigenvalue weighted by Crippen LogP contribution is 2.25. The molecule has 0 fully saturated rings. The van der Waals surface area contributed by atoms with Crippen LogP contribution in [0.5, 0.6) is 0 Å². The molecule has 0 atom stereocenters. The van der Waals surface area contributed by atoms with Crippen LogP contribution in [0.15, 0.2) is 40.9 Å². The molecule has 2 aromatic heterocycles. The second-order valence-corrected chi connectivity index (χ2v) is 5.87. The lowest BCUT2D eigenvalue weighted by atomic mass is 10.1. The van der Waals surface area contributed by atoms with Gasteiger partial charge in [-0.3, -0.25) is 0 Å². The van der Waals surface area contributed by atoms with Crippen LogP contribution in [0.3, 0.4) is 0 Å². The van der Waals surface area contributed by atoms with E-state index in [9.17, 15) is 9.90 Å². The fourth-order valence-corrected chi connectivity index (χ4v) is 2.74. The summed E-state index contributed by atoms with van der Waals surface area (Å²) in [6.45, 7) is 0.478. The molecule has 0 spiro atoms. The van der Waals surface area contributed by atoms with Crippen molar-refractivity contribution in [2.75, 3.05) is 13.7 Å². The number of aromatic nitrogens is 3. The monoisotopic (exact) mass is 375 g/mol. The zero-order valence-electron chi connectivity index (χ0n) is 12.4. The third-order valence-electron chi connectivity index (χ3n) is 3.41. The molecular formula is C16H14BrN3O3. The summed E-state index contributed by atoms with van der Waals surface area (Å²) in [5.74, 6) is -0.474. The van der Waals surface area contributed by atoms with E-state index in [0.29, 0.717) is 24.5 Å². The topological polar surface area (TPSA) is 76.7 Å². The number of hydrogen-bond acceptors (Lipinski definition) is 4. The minimum Gasteiger partial charge on any atom is -0.478 e. The first-order chi connectivity index (χ1) is 11.1. The van der Waals surface area contributed by atoms with Crippen LogP contribution in [-0.2, 0) is 11.2 Å². The summed E-state index contributed by atoms with van der Waals surface area (Å²) in [7, 11) is 1.60. The number of benzene rings is 1. The Hall–Kier alpha value is -2.25. The molecule has 0 amide bonds. The van der Waals surface area contributed by atoms with Gasteiger partial charge in [-0.2, -0.15) is 5.10 Å². The number of carboxylic acids is 1. The first kappa shape index (κ1) is 15.6. The molecule has 0 bridgehead atoms. The highest BCUT2D eigenvalue weighted by atomic mass is 79.9. The molecule has 1 N–H and O–H groups in total. The molecule has 118 valence electrons. The lowest BCUT2D eigenvalue weighted by molar-refractivity contribution is 0.0698. The summed E-state index contributed by atoms with van der Waals surface area (Å²) in [5, 5.41) is 13.8. The number of ether oxygens (including phenoxy) is 1. The Morgan fingerprint density at radius 2 is 2.17 bits per heavy atom. The van der Waals surface area contributed by atoms with Gasteiger partial charge < -0.3 is 9.84 Å². The molecule has 3 aromatic rings. The summed E-state index contributed by atoms with van der Waals surface area (Å²) >= 11 is 3.44. The lowest BCUT2D eigenvalue weighted by Gasteiger charge is -2.06. The molecule has 7 heteroatoms. The smallest absolute Gasteiger partial charge is 0.339 e.